The van der Waals surface area contributed by atoms with Crippen molar-refractivity contribution >= 4 is 23.2 Å². The standard InChI is InChI=1S/C19H28N2O3S/c1-13(2)5-6-20-18(22)14-3-4-16-15(11-14)12-17(25-16)19(23)21-7-9-24-10-8-21/h12-14H,3-11H2,1-2H3,(H,20,22)/t14-/m1/s1. The molecular weight excluding hydrogens is 336 g/mol. The molecule has 0 unspecified atom stereocenters. The smallest absolute Gasteiger partial charge is 0.264 e. The number of carbonyl (C=O) groups excluding carboxylic acids is 2. The Kier molecular flexibility index (Phi) is 6.12. The Balaban J connectivity index is 1.59. The maximum Gasteiger partial charge on any atom is 0.264 e. The summed E-state index contributed by atoms with van der Waals surface area (Å²) in [5.41, 5.74) is 1.19. The van der Waals surface area contributed by atoms with Crippen LogP contribution in [0.5, 0.6) is 0 Å². The van der Waals surface area contributed by atoms with Crippen molar-refractivity contribution in [1.29, 1.82) is 0 Å². The maximum absolute atomic E-state index is 12.6. The number of nitrogens with one attached hydrogen (secondary N) is 1. The van der Waals surface area contributed by atoms with E-state index in [4.69, 9.17) is 4.74 Å². The van der Waals surface area contributed by atoms with Crippen molar-refractivity contribution in [2.75, 3.05) is 32.8 Å². The van der Waals surface area contributed by atoms with Crippen LogP contribution < -0.4 is 5.32 Å². The molecule has 1 aromatic rings. The zero-order chi connectivity index (χ0) is 17.8. The van der Waals surface area contributed by atoms with Gasteiger partial charge in [0.05, 0.1) is 18.1 Å². The van der Waals surface area contributed by atoms with Crippen LogP contribution in [0.2, 0.25) is 0 Å². The van der Waals surface area contributed by atoms with Crippen molar-refractivity contribution in [2.24, 2.45) is 11.8 Å². The quantitative estimate of drug-likeness (QED) is 0.873. The molecule has 0 bridgehead atoms. The van der Waals surface area contributed by atoms with Crippen LogP contribution in [0.4, 0.5) is 0 Å². The highest BCUT2D eigenvalue weighted by Gasteiger charge is 2.28. The first kappa shape index (κ1) is 18.4. The highest BCUT2D eigenvalue weighted by molar-refractivity contribution is 7.14. The Morgan fingerprint density at radius 3 is 2.84 bits per heavy atom. The van der Waals surface area contributed by atoms with Gasteiger partial charge in [0.25, 0.3) is 5.91 Å². The van der Waals surface area contributed by atoms with E-state index in [0.717, 1.165) is 37.1 Å². The molecule has 1 aromatic heterocycles. The molecule has 25 heavy (non-hydrogen) atoms. The zero-order valence-corrected chi connectivity index (χ0v) is 16.0. The second-order valence-electron chi connectivity index (χ2n) is 7.38. The minimum Gasteiger partial charge on any atom is -0.378 e. The van der Waals surface area contributed by atoms with Crippen molar-refractivity contribution in [3.8, 4) is 0 Å². The zero-order valence-electron chi connectivity index (χ0n) is 15.2. The SMILES string of the molecule is CC(C)CCNC(=O)[C@@H]1CCc2sc(C(=O)N3CCOCC3)cc2C1. The van der Waals surface area contributed by atoms with Gasteiger partial charge in [-0.1, -0.05) is 13.8 Å². The molecule has 1 aliphatic heterocycles. The van der Waals surface area contributed by atoms with Gasteiger partial charge in [-0.3, -0.25) is 9.59 Å². The number of carbonyl (C=O) groups is 2. The molecule has 1 N–H and O–H groups in total. The third-order valence-electron chi connectivity index (χ3n) is 4.98. The Morgan fingerprint density at radius 2 is 2.12 bits per heavy atom. The van der Waals surface area contributed by atoms with Crippen LogP contribution in [-0.4, -0.2) is 49.6 Å². The van der Waals surface area contributed by atoms with E-state index < -0.39 is 0 Å². The summed E-state index contributed by atoms with van der Waals surface area (Å²) in [6.45, 7) is 7.66. The van der Waals surface area contributed by atoms with E-state index in [2.05, 4.69) is 19.2 Å². The van der Waals surface area contributed by atoms with Crippen molar-refractivity contribution in [2.45, 2.75) is 39.5 Å². The maximum atomic E-state index is 12.6. The lowest BCUT2D eigenvalue weighted by Gasteiger charge is -2.26. The number of hydrogen-bond acceptors (Lipinski definition) is 4. The third-order valence-corrected chi connectivity index (χ3v) is 6.21. The predicted molar refractivity (Wildman–Crippen MR) is 99.0 cm³/mol. The van der Waals surface area contributed by atoms with E-state index in [1.807, 2.05) is 11.0 Å². The van der Waals surface area contributed by atoms with Crippen LogP contribution in [0, 0.1) is 11.8 Å². The summed E-state index contributed by atoms with van der Waals surface area (Å²) in [6.07, 6.45) is 3.56. The Labute approximate surface area is 153 Å². The molecule has 2 heterocycles. The summed E-state index contributed by atoms with van der Waals surface area (Å²) in [7, 11) is 0. The fourth-order valence-electron chi connectivity index (χ4n) is 3.40. The van der Waals surface area contributed by atoms with Crippen LogP contribution in [0.3, 0.4) is 0 Å². The van der Waals surface area contributed by atoms with Gasteiger partial charge in [0.2, 0.25) is 5.91 Å². The molecular formula is C19H28N2O3S. The van der Waals surface area contributed by atoms with Crippen molar-refractivity contribution < 1.29 is 14.3 Å². The van der Waals surface area contributed by atoms with Gasteiger partial charge in [-0.2, -0.15) is 0 Å². The molecule has 0 spiro atoms. The van der Waals surface area contributed by atoms with Crippen LogP contribution >= 0.6 is 11.3 Å². The number of amides is 2. The molecule has 1 aliphatic carbocycles. The fourth-order valence-corrected chi connectivity index (χ4v) is 4.58. The second kappa shape index (κ2) is 8.32. The number of aryl methyl sites for hydroxylation is 1. The first-order chi connectivity index (χ1) is 12.0. The molecule has 0 aromatic carbocycles. The van der Waals surface area contributed by atoms with Gasteiger partial charge in [-0.25, -0.2) is 0 Å². The van der Waals surface area contributed by atoms with E-state index in [1.165, 1.54) is 10.4 Å². The Bertz CT molecular complexity index is 620. The van der Waals surface area contributed by atoms with Crippen LogP contribution in [0.15, 0.2) is 6.07 Å². The molecule has 2 aliphatic rings. The summed E-state index contributed by atoms with van der Waals surface area (Å²) in [4.78, 5) is 29.0. The highest BCUT2D eigenvalue weighted by atomic mass is 32.1. The van der Waals surface area contributed by atoms with E-state index >= 15 is 0 Å². The van der Waals surface area contributed by atoms with Gasteiger partial charge >= 0.3 is 0 Å². The van der Waals surface area contributed by atoms with Gasteiger partial charge in [-0.05, 0) is 43.2 Å². The van der Waals surface area contributed by atoms with E-state index in [0.29, 0.717) is 32.2 Å². The van der Waals surface area contributed by atoms with Gasteiger partial charge < -0.3 is 15.0 Å². The van der Waals surface area contributed by atoms with Crippen molar-refractivity contribution in [3.05, 3.63) is 21.4 Å². The fraction of sp³-hybridized carbons (Fsp3) is 0.684. The van der Waals surface area contributed by atoms with Crippen molar-refractivity contribution in [3.63, 3.8) is 0 Å². The first-order valence-electron chi connectivity index (χ1n) is 9.31. The van der Waals surface area contributed by atoms with E-state index in [-0.39, 0.29) is 17.7 Å². The van der Waals surface area contributed by atoms with Crippen LogP contribution in [0.1, 0.15) is 46.8 Å². The Morgan fingerprint density at radius 1 is 1.36 bits per heavy atom. The minimum atomic E-state index is 0.0422. The topological polar surface area (TPSA) is 58.6 Å². The second-order valence-corrected chi connectivity index (χ2v) is 8.51. The average molecular weight is 365 g/mol. The van der Waals surface area contributed by atoms with Gasteiger partial charge in [0.15, 0.2) is 0 Å². The molecule has 5 nitrogen and oxygen atoms in total. The number of fused-ring (bicyclic) bond motifs is 1. The van der Waals surface area contributed by atoms with Gasteiger partial charge in [-0.15, -0.1) is 11.3 Å². The molecule has 2 amide bonds. The number of morpholine rings is 1. The first-order valence-corrected chi connectivity index (χ1v) is 10.1. The minimum absolute atomic E-state index is 0.0422. The summed E-state index contributed by atoms with van der Waals surface area (Å²) in [5, 5.41) is 3.07. The highest BCUT2D eigenvalue weighted by Crippen LogP contribution is 2.33. The predicted octanol–water partition coefficient (Wildman–Crippen LogP) is 2.49. The summed E-state index contributed by atoms with van der Waals surface area (Å²) in [5.74, 6) is 0.920. The van der Waals surface area contributed by atoms with Crippen molar-refractivity contribution in [1.82, 2.24) is 10.2 Å². The largest absolute Gasteiger partial charge is 0.378 e. The normalized spacial score (nSPS) is 20.4. The summed E-state index contributed by atoms with van der Waals surface area (Å²) >= 11 is 1.61. The molecule has 1 atom stereocenters. The lowest BCUT2D eigenvalue weighted by molar-refractivity contribution is -0.125. The number of ether oxygens (including phenoxy) is 1. The van der Waals surface area contributed by atoms with Gasteiger partial charge in [0, 0.05) is 30.4 Å². The molecule has 6 heteroatoms. The molecule has 138 valence electrons. The molecule has 3 rings (SSSR count). The van der Waals surface area contributed by atoms with Gasteiger partial charge in [0.1, 0.15) is 0 Å². The third kappa shape index (κ3) is 4.61. The number of nitrogens with zero attached hydrogens (tertiary/aromatic N) is 1. The molecule has 0 saturated carbocycles. The van der Waals surface area contributed by atoms with Crippen LogP contribution in [-0.2, 0) is 22.4 Å². The van der Waals surface area contributed by atoms with E-state index in [1.54, 1.807) is 11.3 Å². The summed E-state index contributed by atoms with van der Waals surface area (Å²) < 4.78 is 5.32. The lowest BCUT2D eigenvalue weighted by Crippen LogP contribution is -2.40. The Hall–Kier alpha value is -1.40. The van der Waals surface area contributed by atoms with E-state index in [9.17, 15) is 9.59 Å². The molecule has 0 radical (unpaired) electrons. The summed E-state index contributed by atoms with van der Waals surface area (Å²) in [6, 6.07) is 2.02. The average Bonchev–Trinajstić information content (AvgIpc) is 3.04. The molecule has 1 fully saturated rings. The number of rotatable bonds is 5. The number of hydrogen-bond donors (Lipinski definition) is 1. The van der Waals surface area contributed by atoms with Crippen LogP contribution in [0.25, 0.3) is 0 Å². The monoisotopic (exact) mass is 364 g/mol. The molecule has 1 saturated heterocycles. The lowest BCUT2D eigenvalue weighted by atomic mass is 9.87. The number of thiophene rings is 1.